The van der Waals surface area contributed by atoms with Crippen molar-refractivity contribution < 1.29 is 9.59 Å². The van der Waals surface area contributed by atoms with Crippen LogP contribution in [0.1, 0.15) is 32.5 Å². The Labute approximate surface area is 212 Å². The van der Waals surface area contributed by atoms with Crippen LogP contribution in [-0.2, 0) is 23.2 Å². The summed E-state index contributed by atoms with van der Waals surface area (Å²) in [6.45, 7) is 1.05. The highest BCUT2D eigenvalue weighted by Crippen LogP contribution is 2.40. The van der Waals surface area contributed by atoms with Gasteiger partial charge in [0.2, 0.25) is 0 Å². The van der Waals surface area contributed by atoms with Crippen LogP contribution >= 0.6 is 22.7 Å². The first-order valence-electron chi connectivity index (χ1n) is 11.7. The fraction of sp³-hybridized carbons (Fsp3) is 0.214. The Morgan fingerprint density at radius 2 is 1.66 bits per heavy atom. The molecular weight excluding hydrogens is 474 g/mol. The van der Waals surface area contributed by atoms with Crippen LogP contribution in [0.4, 0.5) is 4.79 Å². The molecule has 35 heavy (non-hydrogen) atoms. The van der Waals surface area contributed by atoms with E-state index in [0.29, 0.717) is 6.42 Å². The molecule has 0 saturated carbocycles. The number of amides is 3. The first kappa shape index (κ1) is 22.2. The lowest BCUT2D eigenvalue weighted by atomic mass is 9.83. The Bertz CT molecular complexity index is 1340. The van der Waals surface area contributed by atoms with Gasteiger partial charge in [-0.25, -0.2) is 9.69 Å². The van der Waals surface area contributed by atoms with E-state index in [0.717, 1.165) is 24.1 Å². The average molecular weight is 500 g/mol. The van der Waals surface area contributed by atoms with Crippen molar-refractivity contribution in [1.29, 1.82) is 0 Å². The molecule has 4 heterocycles. The minimum Gasteiger partial charge on any atom is -0.319 e. The molecule has 6 rings (SSSR count). The van der Waals surface area contributed by atoms with Gasteiger partial charge in [-0.1, -0.05) is 66.7 Å². The van der Waals surface area contributed by atoms with Crippen LogP contribution in [0.25, 0.3) is 0 Å². The van der Waals surface area contributed by atoms with E-state index in [9.17, 15) is 9.59 Å². The number of nitrogens with one attached hydrogen (secondary N) is 1. The summed E-state index contributed by atoms with van der Waals surface area (Å²) in [5.41, 5.74) is 1.97. The smallest absolute Gasteiger partial charge is 0.319 e. The maximum absolute atomic E-state index is 14.1. The minimum atomic E-state index is -1.12. The molecule has 0 spiro atoms. The van der Waals surface area contributed by atoms with Gasteiger partial charge in [-0.05, 0) is 46.0 Å². The second-order valence-corrected chi connectivity index (χ2v) is 11.0. The Morgan fingerprint density at radius 3 is 2.40 bits per heavy atom. The number of hydrogen-bond donors (Lipinski definition) is 1. The van der Waals surface area contributed by atoms with Gasteiger partial charge >= 0.3 is 6.03 Å². The first-order chi connectivity index (χ1) is 17.2. The largest absolute Gasteiger partial charge is 0.326 e. The Hall–Kier alpha value is -3.26. The third kappa shape index (κ3) is 3.89. The van der Waals surface area contributed by atoms with E-state index < -0.39 is 5.54 Å². The minimum absolute atomic E-state index is 0.0476. The Balaban J connectivity index is 1.35. The summed E-state index contributed by atoms with van der Waals surface area (Å²) in [6, 6.07) is 25.6. The predicted molar refractivity (Wildman–Crippen MR) is 139 cm³/mol. The molecule has 0 radical (unpaired) electrons. The third-order valence-electron chi connectivity index (χ3n) is 6.96. The zero-order valence-corrected chi connectivity index (χ0v) is 20.7. The molecule has 1 N–H and O–H groups in total. The number of thiophene rings is 2. The monoisotopic (exact) mass is 499 g/mol. The number of imide groups is 1. The number of fused-ring (bicyclic) bond motifs is 1. The first-order valence-corrected chi connectivity index (χ1v) is 13.5. The number of urea groups is 1. The van der Waals surface area contributed by atoms with Gasteiger partial charge in [0.1, 0.15) is 0 Å². The second-order valence-electron chi connectivity index (χ2n) is 9.02. The maximum Gasteiger partial charge on any atom is 0.326 e. The molecule has 2 aromatic heterocycles. The predicted octanol–water partition coefficient (Wildman–Crippen LogP) is 5.40. The van der Waals surface area contributed by atoms with Crippen LogP contribution in [0.3, 0.4) is 0 Å². The van der Waals surface area contributed by atoms with Crippen LogP contribution in [0.2, 0.25) is 0 Å². The van der Waals surface area contributed by atoms with Crippen molar-refractivity contribution in [2.24, 2.45) is 0 Å². The summed E-state index contributed by atoms with van der Waals surface area (Å²) in [5.74, 6) is -0.196. The topological polar surface area (TPSA) is 52.7 Å². The van der Waals surface area contributed by atoms with Crippen molar-refractivity contribution in [1.82, 2.24) is 15.1 Å². The standard InChI is InChI=1S/C28H25N3O2S2/c32-26-28(21-10-5-2-6-11-21,18-20-8-3-1-4-9-20)29-27(33)31(26)19-30-15-13-23-22(14-17-35-23)25(30)24-12-7-16-34-24/h1-12,14,16-17,25H,13,15,18-19H2,(H,29,33). The lowest BCUT2D eigenvalue weighted by Gasteiger charge is -2.37. The van der Waals surface area contributed by atoms with Crippen molar-refractivity contribution in [2.45, 2.75) is 24.4 Å². The zero-order chi connectivity index (χ0) is 23.8. The Kier molecular flexibility index (Phi) is 5.76. The highest BCUT2D eigenvalue weighted by Gasteiger charge is 2.53. The van der Waals surface area contributed by atoms with E-state index in [1.165, 1.54) is 20.2 Å². The molecule has 2 atom stereocenters. The summed E-state index contributed by atoms with van der Waals surface area (Å²) in [4.78, 5) is 33.8. The lowest BCUT2D eigenvalue weighted by molar-refractivity contribution is -0.133. The van der Waals surface area contributed by atoms with E-state index in [1.54, 1.807) is 22.7 Å². The number of hydrogen-bond acceptors (Lipinski definition) is 5. The summed E-state index contributed by atoms with van der Waals surface area (Å²) < 4.78 is 0. The molecule has 3 amide bonds. The molecule has 1 fully saturated rings. The highest BCUT2D eigenvalue weighted by molar-refractivity contribution is 7.10. The number of rotatable bonds is 6. The molecule has 176 valence electrons. The van der Waals surface area contributed by atoms with Crippen LogP contribution in [-0.4, -0.2) is 35.0 Å². The van der Waals surface area contributed by atoms with Gasteiger partial charge in [-0.2, -0.15) is 0 Å². The molecule has 1 saturated heterocycles. The normalized spacial score (nSPS) is 22.3. The fourth-order valence-corrected chi connectivity index (χ4v) is 7.06. The van der Waals surface area contributed by atoms with Crippen LogP contribution < -0.4 is 5.32 Å². The molecule has 2 aliphatic heterocycles. The number of nitrogens with zero attached hydrogens (tertiary/aromatic N) is 2. The van der Waals surface area contributed by atoms with Crippen molar-refractivity contribution in [3.8, 4) is 0 Å². The van der Waals surface area contributed by atoms with Gasteiger partial charge < -0.3 is 5.32 Å². The van der Waals surface area contributed by atoms with Crippen molar-refractivity contribution >= 4 is 34.6 Å². The van der Waals surface area contributed by atoms with E-state index in [2.05, 4.69) is 39.2 Å². The summed E-state index contributed by atoms with van der Waals surface area (Å²) in [7, 11) is 0. The molecule has 0 aliphatic carbocycles. The quantitative estimate of drug-likeness (QED) is 0.361. The molecule has 0 bridgehead atoms. The lowest BCUT2D eigenvalue weighted by Crippen LogP contribution is -2.48. The molecule has 7 heteroatoms. The van der Waals surface area contributed by atoms with Crippen LogP contribution in [0, 0.1) is 0 Å². The SMILES string of the molecule is O=C1NC(Cc2ccccc2)(c2ccccc2)C(=O)N1CN1CCc2sccc2C1c1cccs1. The molecular formula is C28H25N3O2S2. The zero-order valence-electron chi connectivity index (χ0n) is 19.1. The van der Waals surface area contributed by atoms with E-state index in [4.69, 9.17) is 0 Å². The molecule has 5 nitrogen and oxygen atoms in total. The molecule has 2 unspecified atom stereocenters. The van der Waals surface area contributed by atoms with Gasteiger partial charge in [0.15, 0.2) is 5.54 Å². The number of benzene rings is 2. The van der Waals surface area contributed by atoms with E-state index in [-0.39, 0.29) is 24.6 Å². The fourth-order valence-electron chi connectivity index (χ4n) is 5.28. The summed E-state index contributed by atoms with van der Waals surface area (Å²) >= 11 is 3.51. The van der Waals surface area contributed by atoms with E-state index >= 15 is 0 Å². The average Bonchev–Trinajstić information content (AvgIpc) is 3.63. The van der Waals surface area contributed by atoms with Crippen molar-refractivity contribution in [3.63, 3.8) is 0 Å². The number of carbonyl (C=O) groups excluding carboxylic acids is 2. The second kappa shape index (κ2) is 9.07. The maximum atomic E-state index is 14.1. The van der Waals surface area contributed by atoms with Gasteiger partial charge in [-0.15, -0.1) is 22.7 Å². The van der Waals surface area contributed by atoms with Gasteiger partial charge in [0.25, 0.3) is 5.91 Å². The molecule has 4 aromatic rings. The Morgan fingerprint density at radius 1 is 0.886 bits per heavy atom. The summed E-state index contributed by atoms with van der Waals surface area (Å²) in [5, 5.41) is 7.33. The highest BCUT2D eigenvalue weighted by atomic mass is 32.1. The van der Waals surface area contributed by atoms with Crippen LogP contribution in [0.5, 0.6) is 0 Å². The van der Waals surface area contributed by atoms with Crippen molar-refractivity contribution in [2.75, 3.05) is 13.2 Å². The summed E-state index contributed by atoms with van der Waals surface area (Å²) in [6.07, 6.45) is 1.33. The molecule has 2 aromatic carbocycles. The van der Waals surface area contributed by atoms with E-state index in [1.807, 2.05) is 60.7 Å². The third-order valence-corrected chi connectivity index (χ3v) is 8.88. The van der Waals surface area contributed by atoms with Crippen LogP contribution in [0.15, 0.2) is 89.6 Å². The van der Waals surface area contributed by atoms with Gasteiger partial charge in [-0.3, -0.25) is 9.69 Å². The van der Waals surface area contributed by atoms with Crippen molar-refractivity contribution in [3.05, 3.63) is 116 Å². The number of carbonyl (C=O) groups is 2. The van der Waals surface area contributed by atoms with Gasteiger partial charge in [0.05, 0.1) is 12.7 Å². The molecule has 2 aliphatic rings. The van der Waals surface area contributed by atoms with Gasteiger partial charge in [0, 0.05) is 22.7 Å².